The highest BCUT2D eigenvalue weighted by Crippen LogP contribution is 2.33. The van der Waals surface area contributed by atoms with Crippen LogP contribution in [-0.2, 0) is 4.79 Å². The molecule has 4 rings (SSSR count). The van der Waals surface area contributed by atoms with Crippen LogP contribution in [-0.4, -0.2) is 15.8 Å². The van der Waals surface area contributed by atoms with Crippen LogP contribution in [0.4, 0.5) is 11.4 Å². The van der Waals surface area contributed by atoms with Gasteiger partial charge in [-0.3, -0.25) is 14.9 Å². The van der Waals surface area contributed by atoms with E-state index in [1.807, 2.05) is 30.3 Å². The van der Waals surface area contributed by atoms with Crippen LogP contribution in [0, 0.1) is 22.0 Å². The second-order valence-electron chi connectivity index (χ2n) is 5.95. The van der Waals surface area contributed by atoms with Gasteiger partial charge < -0.3 is 10.3 Å². The standard InChI is InChI=1S/C21H13N3O3/c25-21-19(13-16-2-1-11-22-16)18-12-15(7-10-20(18)23-21)4-3-14-5-8-17(9-6-14)24(26)27/h1-2,5-13,22H,(H,23,25)/b19-13-. The zero-order valence-electron chi connectivity index (χ0n) is 14.0. The molecule has 2 N–H and O–H groups in total. The Hall–Kier alpha value is -4.11. The quantitative estimate of drug-likeness (QED) is 0.317. The molecule has 6 nitrogen and oxygen atoms in total. The first-order chi connectivity index (χ1) is 13.1. The molecule has 0 spiro atoms. The van der Waals surface area contributed by atoms with Gasteiger partial charge in [0.1, 0.15) is 0 Å². The van der Waals surface area contributed by atoms with E-state index in [1.54, 1.807) is 24.4 Å². The Morgan fingerprint density at radius 3 is 2.44 bits per heavy atom. The number of H-pyrrole nitrogens is 1. The molecule has 0 aliphatic carbocycles. The lowest BCUT2D eigenvalue weighted by Crippen LogP contribution is -2.03. The molecule has 3 aromatic rings. The van der Waals surface area contributed by atoms with Gasteiger partial charge in [-0.05, 0) is 48.5 Å². The molecule has 0 atom stereocenters. The first-order valence-corrected chi connectivity index (χ1v) is 8.17. The summed E-state index contributed by atoms with van der Waals surface area (Å²) < 4.78 is 0. The van der Waals surface area contributed by atoms with Gasteiger partial charge in [-0.15, -0.1) is 0 Å². The van der Waals surface area contributed by atoms with Gasteiger partial charge >= 0.3 is 0 Å². The van der Waals surface area contributed by atoms with E-state index >= 15 is 0 Å². The number of nitrogens with one attached hydrogen (secondary N) is 2. The zero-order chi connectivity index (χ0) is 18.8. The van der Waals surface area contributed by atoms with Gasteiger partial charge in [0.2, 0.25) is 0 Å². The molecule has 1 aliphatic heterocycles. The molecule has 0 bridgehead atoms. The molecule has 0 fully saturated rings. The number of non-ortho nitro benzene ring substituents is 1. The normalized spacial score (nSPS) is 13.6. The van der Waals surface area contributed by atoms with Crippen LogP contribution in [0.2, 0.25) is 0 Å². The molecule has 1 amide bonds. The minimum absolute atomic E-state index is 0.0294. The third kappa shape index (κ3) is 3.34. The van der Waals surface area contributed by atoms with Crippen molar-refractivity contribution >= 4 is 28.9 Å². The molecule has 130 valence electrons. The van der Waals surface area contributed by atoms with Crippen LogP contribution in [0.3, 0.4) is 0 Å². The number of nitro benzene ring substituents is 1. The summed E-state index contributed by atoms with van der Waals surface area (Å²) >= 11 is 0. The second-order valence-corrected chi connectivity index (χ2v) is 5.95. The summed E-state index contributed by atoms with van der Waals surface area (Å²) in [7, 11) is 0. The maximum absolute atomic E-state index is 12.3. The molecule has 27 heavy (non-hydrogen) atoms. The Labute approximate surface area is 154 Å². The Morgan fingerprint density at radius 1 is 1.00 bits per heavy atom. The molecule has 0 saturated carbocycles. The summed E-state index contributed by atoms with van der Waals surface area (Å²) in [6.07, 6.45) is 3.60. The molecular formula is C21H13N3O3. The fourth-order valence-electron chi connectivity index (χ4n) is 2.81. The fourth-order valence-corrected chi connectivity index (χ4v) is 2.81. The number of carbonyl (C=O) groups excluding carboxylic acids is 1. The van der Waals surface area contributed by atoms with Gasteiger partial charge in [0, 0.05) is 46.4 Å². The minimum atomic E-state index is -0.445. The predicted molar refractivity (Wildman–Crippen MR) is 103 cm³/mol. The number of nitro groups is 1. The highest BCUT2D eigenvalue weighted by atomic mass is 16.6. The van der Waals surface area contributed by atoms with Crippen LogP contribution >= 0.6 is 0 Å². The van der Waals surface area contributed by atoms with E-state index < -0.39 is 4.92 Å². The maximum Gasteiger partial charge on any atom is 0.269 e. The van der Waals surface area contributed by atoms with Crippen molar-refractivity contribution in [2.24, 2.45) is 0 Å². The van der Waals surface area contributed by atoms with Crippen molar-refractivity contribution < 1.29 is 9.72 Å². The van der Waals surface area contributed by atoms with Crippen LogP contribution in [0.15, 0.2) is 60.8 Å². The van der Waals surface area contributed by atoms with Crippen molar-refractivity contribution in [3.63, 3.8) is 0 Å². The molecule has 2 heterocycles. The fraction of sp³-hybridized carbons (Fsp3) is 0. The van der Waals surface area contributed by atoms with Gasteiger partial charge in [0.25, 0.3) is 11.6 Å². The number of amides is 1. The second kappa shape index (κ2) is 6.65. The summed E-state index contributed by atoms with van der Waals surface area (Å²) in [4.78, 5) is 25.6. The number of benzene rings is 2. The topological polar surface area (TPSA) is 88.0 Å². The number of rotatable bonds is 2. The average Bonchev–Trinajstić information content (AvgIpc) is 3.29. The third-order valence-corrected chi connectivity index (χ3v) is 4.15. The van der Waals surface area contributed by atoms with Crippen LogP contribution in [0.1, 0.15) is 22.4 Å². The number of carbonyl (C=O) groups is 1. The van der Waals surface area contributed by atoms with E-state index in [9.17, 15) is 14.9 Å². The molecule has 2 aromatic carbocycles. The molecule has 0 saturated heterocycles. The lowest BCUT2D eigenvalue weighted by atomic mass is 10.0. The predicted octanol–water partition coefficient (Wildman–Crippen LogP) is 3.82. The lowest BCUT2D eigenvalue weighted by Gasteiger charge is -1.99. The Bertz CT molecular complexity index is 1130. The highest BCUT2D eigenvalue weighted by molar-refractivity contribution is 6.34. The van der Waals surface area contributed by atoms with Crippen molar-refractivity contribution in [1.82, 2.24) is 4.98 Å². The van der Waals surface area contributed by atoms with E-state index in [0.29, 0.717) is 11.1 Å². The molecule has 6 heteroatoms. The Morgan fingerprint density at radius 2 is 1.74 bits per heavy atom. The number of hydrogen-bond acceptors (Lipinski definition) is 3. The Kier molecular flexibility index (Phi) is 4.03. The third-order valence-electron chi connectivity index (χ3n) is 4.15. The van der Waals surface area contributed by atoms with Crippen LogP contribution in [0.5, 0.6) is 0 Å². The van der Waals surface area contributed by atoms with Crippen molar-refractivity contribution in [3.8, 4) is 11.8 Å². The number of aromatic amines is 1. The number of aromatic nitrogens is 1. The number of anilines is 1. The largest absolute Gasteiger partial charge is 0.362 e. The van der Waals surface area contributed by atoms with Gasteiger partial charge in [-0.25, -0.2) is 0 Å². The number of fused-ring (bicyclic) bond motifs is 1. The molecule has 0 radical (unpaired) electrons. The molecule has 1 aliphatic rings. The minimum Gasteiger partial charge on any atom is -0.362 e. The zero-order valence-corrected chi connectivity index (χ0v) is 14.0. The monoisotopic (exact) mass is 355 g/mol. The molecule has 0 unspecified atom stereocenters. The van der Waals surface area contributed by atoms with Crippen molar-refractivity contribution in [2.45, 2.75) is 0 Å². The van der Waals surface area contributed by atoms with Crippen LogP contribution in [0.25, 0.3) is 11.6 Å². The van der Waals surface area contributed by atoms with E-state index in [-0.39, 0.29) is 11.6 Å². The van der Waals surface area contributed by atoms with E-state index in [1.165, 1.54) is 12.1 Å². The average molecular weight is 355 g/mol. The van der Waals surface area contributed by atoms with Crippen molar-refractivity contribution in [2.75, 3.05) is 5.32 Å². The maximum atomic E-state index is 12.3. The SMILES string of the molecule is O=C1Nc2ccc(C#Cc3ccc([N+](=O)[O-])cc3)cc2/C1=C/c1ccc[nH]1. The van der Waals surface area contributed by atoms with Gasteiger partial charge in [0.15, 0.2) is 0 Å². The van der Waals surface area contributed by atoms with Crippen molar-refractivity contribution in [3.05, 3.63) is 93.3 Å². The number of nitrogens with zero attached hydrogens (tertiary/aromatic N) is 1. The first kappa shape index (κ1) is 16.4. The smallest absolute Gasteiger partial charge is 0.269 e. The first-order valence-electron chi connectivity index (χ1n) is 8.17. The van der Waals surface area contributed by atoms with E-state index in [2.05, 4.69) is 22.1 Å². The van der Waals surface area contributed by atoms with Crippen LogP contribution < -0.4 is 5.32 Å². The molecular weight excluding hydrogens is 342 g/mol. The van der Waals surface area contributed by atoms with Gasteiger partial charge in [-0.2, -0.15) is 0 Å². The Balaban J connectivity index is 1.65. The van der Waals surface area contributed by atoms with E-state index in [4.69, 9.17) is 0 Å². The molecule has 1 aromatic heterocycles. The van der Waals surface area contributed by atoms with Gasteiger partial charge in [-0.1, -0.05) is 11.8 Å². The summed E-state index contributed by atoms with van der Waals surface area (Å²) in [6.45, 7) is 0. The van der Waals surface area contributed by atoms with Crippen molar-refractivity contribution in [1.29, 1.82) is 0 Å². The summed E-state index contributed by atoms with van der Waals surface area (Å²) in [5.74, 6) is 5.87. The van der Waals surface area contributed by atoms with E-state index in [0.717, 1.165) is 22.5 Å². The summed E-state index contributed by atoms with van der Waals surface area (Å²) in [5.41, 5.74) is 4.42. The van der Waals surface area contributed by atoms with Gasteiger partial charge in [0.05, 0.1) is 10.5 Å². The highest BCUT2D eigenvalue weighted by Gasteiger charge is 2.24. The summed E-state index contributed by atoms with van der Waals surface area (Å²) in [6, 6.07) is 15.3. The summed E-state index contributed by atoms with van der Waals surface area (Å²) in [5, 5.41) is 13.5. The lowest BCUT2D eigenvalue weighted by molar-refractivity contribution is -0.384. The number of hydrogen-bond donors (Lipinski definition) is 2.